The summed E-state index contributed by atoms with van der Waals surface area (Å²) < 4.78 is 16.6. The molecular weight excluding hydrogens is 300 g/mol. The number of hydrogen-bond donors (Lipinski definition) is 1. The molecule has 0 aromatic heterocycles. The van der Waals surface area contributed by atoms with Gasteiger partial charge in [0.05, 0.1) is 24.2 Å². The third-order valence-electron chi connectivity index (χ3n) is 5.83. The van der Waals surface area contributed by atoms with E-state index in [1.165, 1.54) is 6.92 Å². The van der Waals surface area contributed by atoms with Gasteiger partial charge in [-0.25, -0.2) is 4.79 Å². The molecule has 6 heteroatoms. The first kappa shape index (κ1) is 14.9. The Hall–Kier alpha value is -1.66. The van der Waals surface area contributed by atoms with E-state index in [4.69, 9.17) is 14.2 Å². The first-order valence-electron chi connectivity index (χ1n) is 7.92. The summed E-state index contributed by atoms with van der Waals surface area (Å²) in [7, 11) is 0. The van der Waals surface area contributed by atoms with Gasteiger partial charge >= 0.3 is 11.9 Å². The minimum absolute atomic E-state index is 0.0164. The van der Waals surface area contributed by atoms with E-state index in [1.807, 2.05) is 0 Å². The van der Waals surface area contributed by atoms with E-state index in [0.29, 0.717) is 25.0 Å². The topological polar surface area (TPSA) is 85.4 Å². The molecule has 2 aliphatic carbocycles. The molecule has 7 atom stereocenters. The second kappa shape index (κ2) is 4.68. The van der Waals surface area contributed by atoms with E-state index in [0.717, 1.165) is 5.57 Å². The van der Waals surface area contributed by atoms with Crippen molar-refractivity contribution < 1.29 is 28.9 Å². The molecule has 6 nitrogen and oxygen atoms in total. The molecule has 4 aliphatic rings. The molecule has 0 aromatic rings. The average molecular weight is 320 g/mol. The van der Waals surface area contributed by atoms with Crippen molar-refractivity contribution in [1.29, 1.82) is 0 Å². The van der Waals surface area contributed by atoms with Crippen LogP contribution in [-0.2, 0) is 23.8 Å². The Bertz CT molecular complexity index is 619. The van der Waals surface area contributed by atoms with Gasteiger partial charge in [-0.05, 0) is 12.0 Å². The number of carbonyl (C=O) groups is 2. The van der Waals surface area contributed by atoms with Crippen LogP contribution in [0.15, 0.2) is 24.3 Å². The molecular formula is C17H20O6. The van der Waals surface area contributed by atoms with E-state index in [1.54, 1.807) is 0 Å². The first-order chi connectivity index (χ1) is 10.8. The van der Waals surface area contributed by atoms with Gasteiger partial charge in [-0.1, -0.05) is 13.2 Å². The number of epoxide rings is 1. The summed E-state index contributed by atoms with van der Waals surface area (Å²) in [5.41, 5.74) is 0.619. The van der Waals surface area contributed by atoms with Crippen LogP contribution in [0.4, 0.5) is 0 Å². The van der Waals surface area contributed by atoms with Crippen LogP contribution in [-0.4, -0.2) is 47.6 Å². The SMILES string of the molecule is C=C1C(=O)O[C@@H]2[C@H]3C(=C)[C@@H](OC(C)=O)C[C@H]3[C@]3(CO3)C[C@H](O)[C@@H]12. The van der Waals surface area contributed by atoms with E-state index in [2.05, 4.69) is 13.2 Å². The van der Waals surface area contributed by atoms with Gasteiger partial charge in [0.2, 0.25) is 0 Å². The summed E-state index contributed by atoms with van der Waals surface area (Å²) in [6.45, 7) is 9.83. The normalized spacial score (nSPS) is 47.8. The van der Waals surface area contributed by atoms with Gasteiger partial charge in [0, 0.05) is 30.8 Å². The van der Waals surface area contributed by atoms with Gasteiger partial charge in [-0.3, -0.25) is 4.79 Å². The molecule has 0 unspecified atom stereocenters. The summed E-state index contributed by atoms with van der Waals surface area (Å²) >= 11 is 0. The highest BCUT2D eigenvalue weighted by Crippen LogP contribution is 2.59. The lowest BCUT2D eigenvalue weighted by molar-refractivity contribution is -0.145. The quantitative estimate of drug-likeness (QED) is 0.332. The fourth-order valence-corrected chi connectivity index (χ4v) is 4.72. The predicted octanol–water partition coefficient (Wildman–Crippen LogP) is 0.742. The summed E-state index contributed by atoms with van der Waals surface area (Å²) in [5, 5.41) is 10.6. The van der Waals surface area contributed by atoms with Crippen molar-refractivity contribution in [2.24, 2.45) is 17.8 Å². The largest absolute Gasteiger partial charge is 0.458 e. The Kier molecular flexibility index (Phi) is 3.03. The number of rotatable bonds is 1. The number of ether oxygens (including phenoxy) is 3. The lowest BCUT2D eigenvalue weighted by Crippen LogP contribution is -2.34. The number of carbonyl (C=O) groups excluding carboxylic acids is 2. The summed E-state index contributed by atoms with van der Waals surface area (Å²) in [6.07, 6.45) is -0.612. The molecule has 1 N–H and O–H groups in total. The monoisotopic (exact) mass is 320 g/mol. The van der Waals surface area contributed by atoms with Gasteiger partial charge in [-0.2, -0.15) is 0 Å². The van der Waals surface area contributed by atoms with Crippen LogP contribution in [0.5, 0.6) is 0 Å². The van der Waals surface area contributed by atoms with Crippen molar-refractivity contribution in [1.82, 2.24) is 0 Å². The molecule has 2 saturated carbocycles. The molecule has 124 valence electrons. The van der Waals surface area contributed by atoms with Crippen LogP contribution < -0.4 is 0 Å². The molecule has 4 rings (SSSR count). The molecule has 4 fully saturated rings. The highest BCUT2D eigenvalue weighted by Gasteiger charge is 2.66. The predicted molar refractivity (Wildman–Crippen MR) is 78.1 cm³/mol. The molecule has 2 saturated heterocycles. The fraction of sp³-hybridized carbons (Fsp3) is 0.647. The van der Waals surface area contributed by atoms with Crippen LogP contribution in [0, 0.1) is 17.8 Å². The van der Waals surface area contributed by atoms with Crippen LogP contribution in [0.25, 0.3) is 0 Å². The van der Waals surface area contributed by atoms with Crippen molar-refractivity contribution >= 4 is 11.9 Å². The van der Waals surface area contributed by atoms with Crippen molar-refractivity contribution in [3.05, 3.63) is 24.3 Å². The molecule has 0 amide bonds. The number of esters is 2. The maximum absolute atomic E-state index is 12.0. The Labute approximate surface area is 134 Å². The zero-order valence-corrected chi connectivity index (χ0v) is 13.0. The smallest absolute Gasteiger partial charge is 0.334 e. The van der Waals surface area contributed by atoms with Gasteiger partial charge in [0.1, 0.15) is 12.2 Å². The first-order valence-corrected chi connectivity index (χ1v) is 7.92. The van der Waals surface area contributed by atoms with Crippen LogP contribution in [0.1, 0.15) is 19.8 Å². The summed E-state index contributed by atoms with van der Waals surface area (Å²) in [5.74, 6) is -1.45. The third kappa shape index (κ3) is 2.01. The molecule has 0 radical (unpaired) electrons. The molecule has 0 bridgehead atoms. The lowest BCUT2D eigenvalue weighted by atomic mass is 9.79. The van der Waals surface area contributed by atoms with Crippen LogP contribution in [0.3, 0.4) is 0 Å². The van der Waals surface area contributed by atoms with E-state index in [9.17, 15) is 14.7 Å². The summed E-state index contributed by atoms with van der Waals surface area (Å²) in [4.78, 5) is 23.3. The Morgan fingerprint density at radius 3 is 2.70 bits per heavy atom. The van der Waals surface area contributed by atoms with Crippen molar-refractivity contribution in [2.45, 2.75) is 43.7 Å². The average Bonchev–Trinajstić information content (AvgIpc) is 3.10. The zero-order valence-electron chi connectivity index (χ0n) is 13.0. The lowest BCUT2D eigenvalue weighted by Gasteiger charge is -2.27. The van der Waals surface area contributed by atoms with Gasteiger partial charge in [0.25, 0.3) is 0 Å². The molecule has 2 aliphatic heterocycles. The Morgan fingerprint density at radius 1 is 1.39 bits per heavy atom. The minimum Gasteiger partial charge on any atom is -0.458 e. The molecule has 2 heterocycles. The second-order valence-corrected chi connectivity index (χ2v) is 7.09. The minimum atomic E-state index is -0.730. The van der Waals surface area contributed by atoms with E-state index < -0.39 is 35.8 Å². The zero-order chi connectivity index (χ0) is 16.5. The van der Waals surface area contributed by atoms with Crippen molar-refractivity contribution in [3.63, 3.8) is 0 Å². The molecule has 23 heavy (non-hydrogen) atoms. The summed E-state index contributed by atoms with van der Waals surface area (Å²) in [6, 6.07) is 0. The molecule has 0 aromatic carbocycles. The van der Waals surface area contributed by atoms with Crippen molar-refractivity contribution in [2.75, 3.05) is 6.61 Å². The standard InChI is InChI=1S/C17H20O6/c1-7-12(22-9(3)18)4-10-13(7)15-14(8(2)16(20)23-15)11(19)5-17(10)6-21-17/h10-15,19H,1-2,4-6H2,3H3/t10-,11+,12+,13+,14-,15-,17-/m1/s1. The maximum atomic E-state index is 12.0. The number of aliphatic hydroxyl groups is 1. The number of fused-ring (bicyclic) bond motifs is 4. The fourth-order valence-electron chi connectivity index (χ4n) is 4.72. The van der Waals surface area contributed by atoms with Crippen molar-refractivity contribution in [3.8, 4) is 0 Å². The highest BCUT2D eigenvalue weighted by atomic mass is 16.6. The van der Waals surface area contributed by atoms with E-state index in [-0.39, 0.29) is 17.8 Å². The Balaban J connectivity index is 1.73. The maximum Gasteiger partial charge on any atom is 0.334 e. The van der Waals surface area contributed by atoms with Gasteiger partial charge < -0.3 is 19.3 Å². The highest BCUT2D eigenvalue weighted by molar-refractivity contribution is 5.91. The number of hydrogen-bond acceptors (Lipinski definition) is 6. The second-order valence-electron chi connectivity index (χ2n) is 7.09. The van der Waals surface area contributed by atoms with Gasteiger partial charge in [-0.15, -0.1) is 0 Å². The van der Waals surface area contributed by atoms with Crippen LogP contribution in [0.2, 0.25) is 0 Å². The number of aliphatic hydroxyl groups excluding tert-OH is 1. The third-order valence-corrected chi connectivity index (χ3v) is 5.83. The molecule has 1 spiro atoms. The Morgan fingerprint density at radius 2 is 2.09 bits per heavy atom. The van der Waals surface area contributed by atoms with Crippen LogP contribution >= 0.6 is 0 Å². The van der Waals surface area contributed by atoms with E-state index >= 15 is 0 Å². The van der Waals surface area contributed by atoms with Gasteiger partial charge in [0.15, 0.2) is 0 Å².